The molecule has 1 aromatic heterocycles. The fourth-order valence-corrected chi connectivity index (χ4v) is 5.73. The van der Waals surface area contributed by atoms with Crippen molar-refractivity contribution in [1.82, 2.24) is 9.88 Å². The van der Waals surface area contributed by atoms with Crippen molar-refractivity contribution in [3.05, 3.63) is 23.2 Å². The van der Waals surface area contributed by atoms with E-state index >= 15 is 0 Å². The van der Waals surface area contributed by atoms with Gasteiger partial charge in [0, 0.05) is 17.7 Å². The van der Waals surface area contributed by atoms with Gasteiger partial charge in [-0.25, -0.2) is 14.6 Å². The number of ether oxygens (including phenoxy) is 1. The lowest BCUT2D eigenvalue weighted by Crippen LogP contribution is -2.41. The molecular formula is C22H32N2O5S2. The van der Waals surface area contributed by atoms with Crippen molar-refractivity contribution in [1.29, 1.82) is 0 Å². The summed E-state index contributed by atoms with van der Waals surface area (Å²) < 4.78 is 5.89. The van der Waals surface area contributed by atoms with E-state index < -0.39 is 12.1 Å². The van der Waals surface area contributed by atoms with Gasteiger partial charge >= 0.3 is 12.1 Å². The van der Waals surface area contributed by atoms with E-state index in [2.05, 4.69) is 25.8 Å². The minimum atomic E-state index is -1.04. The Morgan fingerprint density at radius 2 is 2.23 bits per heavy atom. The lowest BCUT2D eigenvalue weighted by Gasteiger charge is -2.46. The molecule has 1 aliphatic carbocycles. The number of nitrogens with zero attached hydrogens (tertiary/aromatic N) is 2. The lowest BCUT2D eigenvalue weighted by molar-refractivity contribution is -0.0202. The molecule has 2 aliphatic rings. The van der Waals surface area contributed by atoms with Gasteiger partial charge in [-0.15, -0.1) is 11.3 Å². The van der Waals surface area contributed by atoms with Gasteiger partial charge in [-0.2, -0.15) is 0 Å². The van der Waals surface area contributed by atoms with E-state index in [4.69, 9.17) is 9.84 Å². The smallest absolute Gasteiger partial charge is 0.410 e. The minimum Gasteiger partial charge on any atom is -0.476 e. The summed E-state index contributed by atoms with van der Waals surface area (Å²) in [6.07, 6.45) is 8.21. The number of thioether (sulfide) groups is 1. The predicted octanol–water partition coefficient (Wildman–Crippen LogP) is 4.67. The third kappa shape index (κ3) is 6.23. The zero-order valence-corrected chi connectivity index (χ0v) is 20.0. The summed E-state index contributed by atoms with van der Waals surface area (Å²) >= 11 is 2.70. The van der Waals surface area contributed by atoms with Crippen molar-refractivity contribution in [2.24, 2.45) is 10.8 Å². The Balaban J connectivity index is 1.53. The van der Waals surface area contributed by atoms with Crippen molar-refractivity contribution >= 4 is 35.2 Å². The van der Waals surface area contributed by atoms with Crippen LogP contribution in [0.3, 0.4) is 0 Å². The van der Waals surface area contributed by atoms with Crippen LogP contribution in [0.25, 0.3) is 0 Å². The van der Waals surface area contributed by atoms with Gasteiger partial charge in [0.05, 0.1) is 12.1 Å². The fourth-order valence-electron chi connectivity index (χ4n) is 3.92. The van der Waals surface area contributed by atoms with E-state index in [1.807, 2.05) is 12.2 Å². The van der Waals surface area contributed by atoms with E-state index in [-0.39, 0.29) is 35.3 Å². The molecule has 1 aromatic rings. The standard InChI is InChI=1S/C22H32N2O5S2/c1-21(2,3)9-10-22(7-4-8-22)17(25)6-5-15-13-29-20(28)24(15)11-12-30-19-23-16(14-31-19)18(26)27/h5-6,14-15,17,25H,4,7-13H2,1-3H3,(H,26,27)/b6-5+/t15-,17+/m0/s1. The number of carbonyl (C=O) groups is 2. The molecule has 3 rings (SSSR count). The quantitative estimate of drug-likeness (QED) is 0.380. The summed E-state index contributed by atoms with van der Waals surface area (Å²) in [5.74, 6) is -0.453. The molecule has 1 aliphatic heterocycles. The highest BCUT2D eigenvalue weighted by Crippen LogP contribution is 2.49. The third-order valence-corrected chi connectivity index (χ3v) is 8.14. The van der Waals surface area contributed by atoms with Crippen molar-refractivity contribution < 1.29 is 24.5 Å². The maximum atomic E-state index is 12.1. The molecule has 2 N–H and O–H groups in total. The summed E-state index contributed by atoms with van der Waals surface area (Å²) in [6, 6.07) is -0.201. The number of hydrogen-bond acceptors (Lipinski definition) is 7. The Morgan fingerprint density at radius 1 is 1.48 bits per heavy atom. The molecule has 31 heavy (non-hydrogen) atoms. The first kappa shape index (κ1) is 24.1. The Morgan fingerprint density at radius 3 is 2.81 bits per heavy atom. The topological polar surface area (TPSA) is 100.0 Å². The van der Waals surface area contributed by atoms with Gasteiger partial charge in [0.15, 0.2) is 10.0 Å². The van der Waals surface area contributed by atoms with Crippen molar-refractivity contribution in [2.45, 2.75) is 69.4 Å². The van der Waals surface area contributed by atoms with Gasteiger partial charge in [0.2, 0.25) is 0 Å². The van der Waals surface area contributed by atoms with Crippen LogP contribution in [0.4, 0.5) is 4.79 Å². The largest absolute Gasteiger partial charge is 0.476 e. The number of aliphatic hydroxyl groups excluding tert-OH is 1. The number of carboxylic acids is 1. The highest BCUT2D eigenvalue weighted by molar-refractivity contribution is 8.01. The molecule has 0 bridgehead atoms. The Kier molecular flexibility index (Phi) is 7.70. The zero-order valence-electron chi connectivity index (χ0n) is 18.4. The molecule has 1 amide bonds. The van der Waals surface area contributed by atoms with Gasteiger partial charge in [-0.3, -0.25) is 4.90 Å². The molecule has 172 valence electrons. The molecule has 2 fully saturated rings. The van der Waals surface area contributed by atoms with E-state index in [0.717, 1.165) is 32.1 Å². The van der Waals surface area contributed by atoms with Crippen LogP contribution < -0.4 is 0 Å². The average molecular weight is 469 g/mol. The van der Waals surface area contributed by atoms with Gasteiger partial charge in [0.25, 0.3) is 0 Å². The van der Waals surface area contributed by atoms with Gasteiger partial charge in [-0.1, -0.05) is 51.1 Å². The number of carboxylic acid groups (broad SMARTS) is 1. The first-order valence-electron chi connectivity index (χ1n) is 10.7. The van der Waals surface area contributed by atoms with Gasteiger partial charge in [-0.05, 0) is 36.5 Å². The van der Waals surface area contributed by atoms with E-state index in [1.165, 1.54) is 28.5 Å². The minimum absolute atomic E-state index is 0.0410. The molecule has 0 radical (unpaired) electrons. The predicted molar refractivity (Wildman–Crippen MR) is 122 cm³/mol. The Bertz CT molecular complexity index is 813. The van der Waals surface area contributed by atoms with Crippen molar-refractivity contribution in [3.8, 4) is 0 Å². The highest BCUT2D eigenvalue weighted by atomic mass is 32.2. The monoisotopic (exact) mass is 468 g/mol. The van der Waals surface area contributed by atoms with Crippen molar-refractivity contribution in [2.75, 3.05) is 18.9 Å². The number of aliphatic hydroxyl groups is 1. The molecule has 0 aromatic carbocycles. The maximum Gasteiger partial charge on any atom is 0.410 e. The zero-order chi connectivity index (χ0) is 22.6. The van der Waals surface area contributed by atoms with E-state index in [1.54, 1.807) is 4.90 Å². The summed E-state index contributed by atoms with van der Waals surface area (Å²) in [4.78, 5) is 28.8. The number of rotatable bonds is 10. The van der Waals surface area contributed by atoms with E-state index in [0.29, 0.717) is 16.6 Å². The second-order valence-electron chi connectivity index (χ2n) is 9.60. The molecule has 0 unspecified atom stereocenters. The van der Waals surface area contributed by atoms with Crippen LogP contribution in [-0.2, 0) is 4.74 Å². The molecule has 0 spiro atoms. The van der Waals surface area contributed by atoms with Crippen LogP contribution in [0.5, 0.6) is 0 Å². The van der Waals surface area contributed by atoms with Gasteiger partial charge < -0.3 is 14.9 Å². The Labute approximate surface area is 191 Å². The van der Waals surface area contributed by atoms with Crippen LogP contribution in [0.2, 0.25) is 0 Å². The summed E-state index contributed by atoms with van der Waals surface area (Å²) in [7, 11) is 0. The van der Waals surface area contributed by atoms with E-state index in [9.17, 15) is 14.7 Å². The second-order valence-corrected chi connectivity index (χ2v) is 11.8. The normalized spacial score (nSPS) is 21.9. The maximum absolute atomic E-state index is 12.1. The first-order valence-corrected chi connectivity index (χ1v) is 12.6. The molecule has 2 heterocycles. The number of hydrogen-bond donors (Lipinski definition) is 2. The molecule has 1 saturated heterocycles. The van der Waals surface area contributed by atoms with Gasteiger partial charge in [0.1, 0.15) is 6.61 Å². The van der Waals surface area contributed by atoms with Crippen molar-refractivity contribution in [3.63, 3.8) is 0 Å². The fraction of sp³-hybridized carbons (Fsp3) is 0.682. The number of aromatic nitrogens is 1. The number of thiazole rings is 1. The average Bonchev–Trinajstić information content (AvgIpc) is 3.26. The number of cyclic esters (lactones) is 1. The number of amides is 1. The third-order valence-electron chi connectivity index (χ3n) is 6.14. The summed E-state index contributed by atoms with van der Waals surface area (Å²) in [6.45, 7) is 7.43. The molecule has 7 nitrogen and oxygen atoms in total. The SMILES string of the molecule is CC(C)(C)CCC1([C@H](O)/C=C/[C@H]2COC(=O)N2CCSc2nc(C(=O)O)cs2)CCC1. The molecule has 2 atom stereocenters. The second kappa shape index (κ2) is 9.92. The molecular weight excluding hydrogens is 436 g/mol. The summed E-state index contributed by atoms with van der Waals surface area (Å²) in [5.41, 5.74) is 0.245. The number of aromatic carboxylic acids is 1. The Hall–Kier alpha value is -1.58. The van der Waals surface area contributed by atoms with Crippen LogP contribution in [0.1, 0.15) is 63.4 Å². The van der Waals surface area contributed by atoms with Crippen LogP contribution in [-0.4, -0.2) is 63.2 Å². The van der Waals surface area contributed by atoms with Crippen LogP contribution in [0.15, 0.2) is 21.9 Å². The molecule has 1 saturated carbocycles. The van der Waals surface area contributed by atoms with Crippen LogP contribution in [0, 0.1) is 10.8 Å². The number of carbonyl (C=O) groups excluding carboxylic acids is 1. The summed E-state index contributed by atoms with van der Waals surface area (Å²) in [5, 5.41) is 21.4. The van der Waals surface area contributed by atoms with Crippen LogP contribution >= 0.6 is 23.1 Å². The lowest BCUT2D eigenvalue weighted by atomic mass is 9.61. The molecule has 9 heteroatoms. The highest BCUT2D eigenvalue weighted by Gasteiger charge is 2.43. The first-order chi connectivity index (χ1) is 14.6.